The second-order valence-corrected chi connectivity index (χ2v) is 6.87. The van der Waals surface area contributed by atoms with E-state index in [1.54, 1.807) is 0 Å². The van der Waals surface area contributed by atoms with Crippen molar-refractivity contribution in [3.05, 3.63) is 32.8 Å². The van der Waals surface area contributed by atoms with Crippen LogP contribution in [0.2, 0.25) is 15.1 Å². The molecule has 1 aromatic rings. The van der Waals surface area contributed by atoms with E-state index in [0.29, 0.717) is 5.02 Å². The molecule has 1 aromatic carbocycles. The summed E-state index contributed by atoms with van der Waals surface area (Å²) < 4.78 is 0. The first-order valence-electron chi connectivity index (χ1n) is 6.72. The van der Waals surface area contributed by atoms with Crippen LogP contribution in [0.3, 0.4) is 0 Å². The molecule has 0 heterocycles. The van der Waals surface area contributed by atoms with E-state index in [1.807, 2.05) is 0 Å². The smallest absolute Gasteiger partial charge is 0.303 e. The van der Waals surface area contributed by atoms with Gasteiger partial charge in [-0.1, -0.05) is 47.6 Å². The summed E-state index contributed by atoms with van der Waals surface area (Å²) in [5.41, 5.74) is -0.241. The van der Waals surface area contributed by atoms with Gasteiger partial charge in [-0.2, -0.15) is 0 Å². The molecular formula is C15H15Cl3O3. The fourth-order valence-corrected chi connectivity index (χ4v) is 4.13. The van der Waals surface area contributed by atoms with Crippen molar-refractivity contribution in [1.29, 1.82) is 0 Å². The van der Waals surface area contributed by atoms with Crippen molar-refractivity contribution in [2.75, 3.05) is 0 Å². The maximum Gasteiger partial charge on any atom is 0.303 e. The topological polar surface area (TPSA) is 54.4 Å². The van der Waals surface area contributed by atoms with Crippen molar-refractivity contribution in [3.8, 4) is 0 Å². The zero-order valence-corrected chi connectivity index (χ0v) is 13.6. The summed E-state index contributed by atoms with van der Waals surface area (Å²) in [7, 11) is 0. The van der Waals surface area contributed by atoms with Crippen LogP contribution < -0.4 is 0 Å². The summed E-state index contributed by atoms with van der Waals surface area (Å²) in [4.78, 5) is 23.6. The molecule has 0 aromatic heterocycles. The van der Waals surface area contributed by atoms with Gasteiger partial charge in [-0.05, 0) is 30.4 Å². The number of halogens is 3. The number of hydrogen-bond donors (Lipinski definition) is 1. The van der Waals surface area contributed by atoms with Crippen molar-refractivity contribution < 1.29 is 14.7 Å². The highest BCUT2D eigenvalue weighted by Gasteiger charge is 2.38. The Hall–Kier alpha value is -0.770. The highest BCUT2D eigenvalue weighted by atomic mass is 35.5. The van der Waals surface area contributed by atoms with Crippen LogP contribution in [0.15, 0.2) is 12.1 Å². The Morgan fingerprint density at radius 1 is 1.05 bits per heavy atom. The third kappa shape index (κ3) is 3.91. The quantitative estimate of drug-likeness (QED) is 0.738. The first-order valence-corrected chi connectivity index (χ1v) is 7.86. The van der Waals surface area contributed by atoms with Crippen LogP contribution in [0.25, 0.3) is 0 Å². The van der Waals surface area contributed by atoms with Crippen LogP contribution in [0, 0.1) is 5.41 Å². The summed E-state index contributed by atoms with van der Waals surface area (Å²) in [5, 5.41) is 9.87. The Kier molecular flexibility index (Phi) is 5.18. The maximum absolute atomic E-state index is 12.5. The van der Waals surface area contributed by atoms with E-state index in [-0.39, 0.29) is 34.2 Å². The van der Waals surface area contributed by atoms with E-state index in [1.165, 1.54) is 12.1 Å². The van der Waals surface area contributed by atoms with Crippen LogP contribution >= 0.6 is 34.8 Å². The minimum Gasteiger partial charge on any atom is -0.481 e. The van der Waals surface area contributed by atoms with E-state index in [0.717, 1.165) is 25.7 Å². The van der Waals surface area contributed by atoms with Crippen molar-refractivity contribution in [3.63, 3.8) is 0 Å². The number of carbonyl (C=O) groups is 2. The summed E-state index contributed by atoms with van der Waals surface area (Å²) >= 11 is 18.0. The van der Waals surface area contributed by atoms with Crippen molar-refractivity contribution in [2.45, 2.75) is 38.5 Å². The van der Waals surface area contributed by atoms with Gasteiger partial charge in [-0.3, -0.25) is 9.59 Å². The Bertz CT molecular complexity index is 555. The van der Waals surface area contributed by atoms with Gasteiger partial charge in [0.25, 0.3) is 0 Å². The van der Waals surface area contributed by atoms with Crippen LogP contribution in [0.5, 0.6) is 0 Å². The molecule has 1 aliphatic rings. The van der Waals surface area contributed by atoms with Gasteiger partial charge in [0.2, 0.25) is 0 Å². The lowest BCUT2D eigenvalue weighted by Crippen LogP contribution is -2.25. The second-order valence-electron chi connectivity index (χ2n) is 5.62. The Morgan fingerprint density at radius 3 is 2.05 bits per heavy atom. The molecule has 0 aliphatic heterocycles. The Labute approximate surface area is 138 Å². The van der Waals surface area contributed by atoms with Gasteiger partial charge in [0, 0.05) is 11.4 Å². The number of hydrogen-bond acceptors (Lipinski definition) is 2. The third-order valence-corrected chi connectivity index (χ3v) is 4.83. The molecule has 2 rings (SSSR count). The average molecular weight is 350 g/mol. The first kappa shape index (κ1) is 16.6. The SMILES string of the molecule is O=C(O)CC1(CC(=O)c2c(Cl)cc(Cl)cc2Cl)CCCC1. The number of Topliss-reactive ketones (excluding diaryl/α,β-unsaturated/α-hetero) is 1. The van der Waals surface area contributed by atoms with Gasteiger partial charge in [0.1, 0.15) is 0 Å². The zero-order chi connectivity index (χ0) is 15.6. The number of carbonyl (C=O) groups excluding carboxylic acids is 1. The molecule has 1 aliphatic carbocycles. The number of aliphatic carboxylic acids is 1. The lowest BCUT2D eigenvalue weighted by Gasteiger charge is -2.26. The minimum absolute atomic E-state index is 0.00156. The number of benzene rings is 1. The number of ketones is 1. The molecule has 6 heteroatoms. The summed E-state index contributed by atoms with van der Waals surface area (Å²) in [6.45, 7) is 0. The molecule has 1 fully saturated rings. The molecule has 0 radical (unpaired) electrons. The average Bonchev–Trinajstić information content (AvgIpc) is 2.74. The molecule has 0 saturated heterocycles. The summed E-state index contributed by atoms with van der Waals surface area (Å²) in [6.07, 6.45) is 3.54. The van der Waals surface area contributed by atoms with Gasteiger partial charge < -0.3 is 5.11 Å². The number of rotatable bonds is 5. The van der Waals surface area contributed by atoms with Crippen molar-refractivity contribution in [1.82, 2.24) is 0 Å². The largest absolute Gasteiger partial charge is 0.481 e. The van der Waals surface area contributed by atoms with Crippen LogP contribution in [-0.2, 0) is 4.79 Å². The Balaban J connectivity index is 2.26. The van der Waals surface area contributed by atoms with Gasteiger partial charge in [0.05, 0.1) is 22.0 Å². The minimum atomic E-state index is -0.877. The second kappa shape index (κ2) is 6.55. The lowest BCUT2D eigenvalue weighted by molar-refractivity contribution is -0.139. The molecule has 1 saturated carbocycles. The van der Waals surface area contributed by atoms with E-state index in [4.69, 9.17) is 39.9 Å². The fourth-order valence-electron chi connectivity index (χ4n) is 3.10. The van der Waals surface area contributed by atoms with E-state index in [9.17, 15) is 9.59 Å². The number of carboxylic acid groups (broad SMARTS) is 1. The molecular weight excluding hydrogens is 335 g/mol. The van der Waals surface area contributed by atoms with Crippen LogP contribution in [-0.4, -0.2) is 16.9 Å². The summed E-state index contributed by atoms with van der Waals surface area (Å²) in [6, 6.07) is 2.95. The number of carboxylic acids is 1. The van der Waals surface area contributed by atoms with Gasteiger partial charge >= 0.3 is 5.97 Å². The van der Waals surface area contributed by atoms with Crippen molar-refractivity contribution >= 4 is 46.6 Å². The van der Waals surface area contributed by atoms with Gasteiger partial charge in [0.15, 0.2) is 5.78 Å². The predicted octanol–water partition coefficient (Wildman–Crippen LogP) is 5.25. The normalized spacial score (nSPS) is 16.9. The lowest BCUT2D eigenvalue weighted by atomic mass is 9.77. The highest BCUT2D eigenvalue weighted by Crippen LogP contribution is 2.45. The molecule has 3 nitrogen and oxygen atoms in total. The van der Waals surface area contributed by atoms with Crippen LogP contribution in [0.1, 0.15) is 48.9 Å². The Morgan fingerprint density at radius 2 is 1.57 bits per heavy atom. The molecule has 0 spiro atoms. The highest BCUT2D eigenvalue weighted by molar-refractivity contribution is 6.42. The molecule has 1 N–H and O–H groups in total. The van der Waals surface area contributed by atoms with E-state index in [2.05, 4.69) is 0 Å². The first-order chi connectivity index (χ1) is 9.83. The van der Waals surface area contributed by atoms with Crippen molar-refractivity contribution in [2.24, 2.45) is 5.41 Å². The monoisotopic (exact) mass is 348 g/mol. The molecule has 114 valence electrons. The van der Waals surface area contributed by atoms with Gasteiger partial charge in [-0.25, -0.2) is 0 Å². The third-order valence-electron chi connectivity index (χ3n) is 4.01. The summed E-state index contributed by atoms with van der Waals surface area (Å²) in [5.74, 6) is -1.09. The molecule has 0 bridgehead atoms. The molecule has 0 amide bonds. The standard InChI is InChI=1S/C15H15Cl3O3/c16-9-5-10(17)14(11(18)6-9)12(19)7-15(8-13(20)21)3-1-2-4-15/h5-6H,1-4,7-8H2,(H,20,21). The van der Waals surface area contributed by atoms with Crippen LogP contribution in [0.4, 0.5) is 0 Å². The maximum atomic E-state index is 12.5. The van der Waals surface area contributed by atoms with E-state index < -0.39 is 11.4 Å². The van der Waals surface area contributed by atoms with Gasteiger partial charge in [-0.15, -0.1) is 0 Å². The molecule has 0 unspecified atom stereocenters. The van der Waals surface area contributed by atoms with E-state index >= 15 is 0 Å². The predicted molar refractivity (Wildman–Crippen MR) is 83.6 cm³/mol. The zero-order valence-electron chi connectivity index (χ0n) is 11.3. The molecule has 0 atom stereocenters. The fraction of sp³-hybridized carbons (Fsp3) is 0.467. The molecule has 21 heavy (non-hydrogen) atoms.